The summed E-state index contributed by atoms with van der Waals surface area (Å²) in [6, 6.07) is 5.43. The molecule has 0 bridgehead atoms. The molecule has 0 heterocycles. The van der Waals surface area contributed by atoms with Gasteiger partial charge in [0.15, 0.2) is 0 Å². The summed E-state index contributed by atoms with van der Waals surface area (Å²) >= 11 is 0. The van der Waals surface area contributed by atoms with E-state index < -0.39 is 6.36 Å². The maximum absolute atomic E-state index is 11.9. The van der Waals surface area contributed by atoms with Crippen molar-refractivity contribution in [3.63, 3.8) is 0 Å². The van der Waals surface area contributed by atoms with Gasteiger partial charge in [-0.2, -0.15) is 0 Å². The number of methoxy groups -OCH3 is 1. The van der Waals surface area contributed by atoms with E-state index in [2.05, 4.69) is 9.47 Å². The molecule has 0 aliphatic rings. The zero-order valence-electron chi connectivity index (χ0n) is 9.95. The van der Waals surface area contributed by atoms with Gasteiger partial charge in [0, 0.05) is 0 Å². The second kappa shape index (κ2) is 5.75. The minimum Gasteiger partial charge on any atom is -0.469 e. The van der Waals surface area contributed by atoms with Crippen molar-refractivity contribution in [2.24, 2.45) is 0 Å². The Bertz CT molecular complexity index is 398. The first-order valence-corrected chi connectivity index (χ1v) is 5.24. The summed E-state index contributed by atoms with van der Waals surface area (Å²) < 4.78 is 44.1. The molecular weight excluding hydrogens is 249 g/mol. The van der Waals surface area contributed by atoms with Gasteiger partial charge in [-0.1, -0.05) is 19.1 Å². The van der Waals surface area contributed by atoms with Crippen molar-refractivity contribution >= 4 is 5.97 Å². The first kappa shape index (κ1) is 14.3. The van der Waals surface area contributed by atoms with Crippen molar-refractivity contribution in [3.8, 4) is 5.75 Å². The van der Waals surface area contributed by atoms with Gasteiger partial charge in [0.2, 0.25) is 0 Å². The first-order chi connectivity index (χ1) is 8.31. The van der Waals surface area contributed by atoms with E-state index in [4.69, 9.17) is 0 Å². The van der Waals surface area contributed by atoms with Gasteiger partial charge >= 0.3 is 12.3 Å². The average molecular weight is 262 g/mol. The van der Waals surface area contributed by atoms with Crippen LogP contribution in [0.2, 0.25) is 0 Å². The van der Waals surface area contributed by atoms with Crippen LogP contribution < -0.4 is 4.74 Å². The van der Waals surface area contributed by atoms with Crippen molar-refractivity contribution in [1.82, 2.24) is 0 Å². The third-order valence-corrected chi connectivity index (χ3v) is 2.38. The highest BCUT2D eigenvalue weighted by Crippen LogP contribution is 2.26. The second-order valence-corrected chi connectivity index (χ2v) is 3.80. The molecule has 6 heteroatoms. The molecule has 0 radical (unpaired) electrons. The molecule has 18 heavy (non-hydrogen) atoms. The Morgan fingerprint density at radius 2 is 1.83 bits per heavy atom. The number of hydrogen-bond donors (Lipinski definition) is 0. The maximum atomic E-state index is 11.9. The van der Waals surface area contributed by atoms with Crippen molar-refractivity contribution < 1.29 is 27.4 Å². The van der Waals surface area contributed by atoms with Crippen molar-refractivity contribution in [2.45, 2.75) is 25.6 Å². The van der Waals surface area contributed by atoms with Crippen LogP contribution in [0.25, 0.3) is 0 Å². The monoisotopic (exact) mass is 262 g/mol. The molecule has 0 spiro atoms. The molecule has 1 aromatic carbocycles. The van der Waals surface area contributed by atoms with Crippen LogP contribution in [0, 0.1) is 0 Å². The van der Waals surface area contributed by atoms with E-state index in [1.165, 1.54) is 31.4 Å². The predicted octanol–water partition coefficient (Wildman–Crippen LogP) is 3.25. The third kappa shape index (κ3) is 4.65. The zero-order chi connectivity index (χ0) is 13.8. The molecule has 0 aromatic heterocycles. The number of ether oxygens (including phenoxy) is 2. The average Bonchev–Trinajstić information content (AvgIpc) is 2.27. The predicted molar refractivity (Wildman–Crippen MR) is 58.2 cm³/mol. The lowest BCUT2D eigenvalue weighted by molar-refractivity contribution is -0.274. The summed E-state index contributed by atoms with van der Waals surface area (Å²) in [6.07, 6.45) is -4.52. The molecule has 1 rings (SSSR count). The maximum Gasteiger partial charge on any atom is 0.573 e. The molecule has 0 N–H and O–H groups in total. The Balaban J connectivity index is 2.67. The lowest BCUT2D eigenvalue weighted by Gasteiger charge is -2.12. The molecule has 0 fully saturated rings. The normalized spacial score (nSPS) is 12.9. The highest BCUT2D eigenvalue weighted by atomic mass is 19.4. The minimum atomic E-state index is -4.70. The highest BCUT2D eigenvalue weighted by molar-refractivity contribution is 5.70. The molecule has 100 valence electrons. The van der Waals surface area contributed by atoms with E-state index in [1.807, 2.05) is 0 Å². The number of alkyl halides is 3. The Morgan fingerprint density at radius 3 is 2.28 bits per heavy atom. The fraction of sp³-hybridized carbons (Fsp3) is 0.417. The lowest BCUT2D eigenvalue weighted by atomic mass is 9.98. The van der Waals surface area contributed by atoms with Crippen LogP contribution in [0.5, 0.6) is 5.75 Å². The second-order valence-electron chi connectivity index (χ2n) is 3.80. The molecule has 0 saturated heterocycles. The first-order valence-electron chi connectivity index (χ1n) is 5.24. The van der Waals surface area contributed by atoms with Crippen LogP contribution in [0.3, 0.4) is 0 Å². The van der Waals surface area contributed by atoms with Gasteiger partial charge in [0.1, 0.15) is 5.75 Å². The number of esters is 1. The quantitative estimate of drug-likeness (QED) is 0.781. The Morgan fingerprint density at radius 1 is 1.28 bits per heavy atom. The number of hydrogen-bond acceptors (Lipinski definition) is 3. The Hall–Kier alpha value is -1.72. The molecular formula is C12H13F3O3. The zero-order valence-corrected chi connectivity index (χ0v) is 9.95. The van der Waals surface area contributed by atoms with Gasteiger partial charge in [-0.05, 0) is 23.6 Å². The minimum absolute atomic E-state index is 0.127. The smallest absolute Gasteiger partial charge is 0.469 e. The summed E-state index contributed by atoms with van der Waals surface area (Å²) in [5.41, 5.74) is 0.745. The van der Waals surface area contributed by atoms with Crippen LogP contribution >= 0.6 is 0 Å². The SMILES string of the molecule is COC(=O)C[C@@H](C)c1ccc(OC(F)(F)F)cc1. The van der Waals surface area contributed by atoms with Crippen molar-refractivity contribution in [1.29, 1.82) is 0 Å². The number of halogens is 3. The lowest BCUT2D eigenvalue weighted by Crippen LogP contribution is -2.17. The number of carbonyl (C=O) groups is 1. The van der Waals surface area contributed by atoms with Crippen molar-refractivity contribution in [2.75, 3.05) is 7.11 Å². The van der Waals surface area contributed by atoms with Gasteiger partial charge in [0.05, 0.1) is 13.5 Å². The molecule has 0 aliphatic heterocycles. The summed E-state index contributed by atoms with van der Waals surface area (Å²) in [5, 5.41) is 0. The molecule has 1 atom stereocenters. The summed E-state index contributed by atoms with van der Waals surface area (Å²) in [7, 11) is 1.29. The molecule has 0 aliphatic carbocycles. The van der Waals surface area contributed by atoms with Crippen molar-refractivity contribution in [3.05, 3.63) is 29.8 Å². The molecule has 0 unspecified atom stereocenters. The van der Waals surface area contributed by atoms with E-state index in [-0.39, 0.29) is 24.1 Å². The molecule has 0 amide bonds. The number of benzene rings is 1. The van der Waals surface area contributed by atoms with Gasteiger partial charge in [-0.3, -0.25) is 4.79 Å². The van der Waals surface area contributed by atoms with Gasteiger partial charge < -0.3 is 9.47 Å². The molecule has 1 aromatic rings. The van der Waals surface area contributed by atoms with E-state index in [0.717, 1.165) is 5.56 Å². The van der Waals surface area contributed by atoms with E-state index >= 15 is 0 Å². The topological polar surface area (TPSA) is 35.5 Å². The van der Waals surface area contributed by atoms with Crippen LogP contribution in [0.15, 0.2) is 24.3 Å². The van der Waals surface area contributed by atoms with Crippen LogP contribution in [0.4, 0.5) is 13.2 Å². The van der Waals surface area contributed by atoms with Gasteiger partial charge in [-0.15, -0.1) is 13.2 Å². The fourth-order valence-corrected chi connectivity index (χ4v) is 1.45. The van der Waals surface area contributed by atoms with Crippen LogP contribution in [-0.4, -0.2) is 19.4 Å². The number of rotatable bonds is 4. The fourth-order valence-electron chi connectivity index (χ4n) is 1.45. The third-order valence-electron chi connectivity index (χ3n) is 2.38. The standard InChI is InChI=1S/C12H13F3O3/c1-8(7-11(16)17-2)9-3-5-10(6-4-9)18-12(13,14)15/h3-6,8H,7H2,1-2H3/t8-/m1/s1. The van der Waals surface area contributed by atoms with Gasteiger partial charge in [-0.25, -0.2) is 0 Å². The molecule has 0 saturated carbocycles. The number of carbonyl (C=O) groups excluding carboxylic acids is 1. The summed E-state index contributed by atoms with van der Waals surface area (Å²) in [4.78, 5) is 11.1. The highest BCUT2D eigenvalue weighted by Gasteiger charge is 2.31. The van der Waals surface area contributed by atoms with E-state index in [9.17, 15) is 18.0 Å². The largest absolute Gasteiger partial charge is 0.573 e. The van der Waals surface area contributed by atoms with E-state index in [1.54, 1.807) is 6.92 Å². The molecule has 3 nitrogen and oxygen atoms in total. The van der Waals surface area contributed by atoms with Crippen LogP contribution in [0.1, 0.15) is 24.8 Å². The summed E-state index contributed by atoms with van der Waals surface area (Å²) in [5.74, 6) is -0.771. The summed E-state index contributed by atoms with van der Waals surface area (Å²) in [6.45, 7) is 1.79. The Labute approximate surface area is 103 Å². The Kier molecular flexibility index (Phi) is 4.58. The van der Waals surface area contributed by atoms with E-state index in [0.29, 0.717) is 0 Å². The van der Waals surface area contributed by atoms with Crippen LogP contribution in [-0.2, 0) is 9.53 Å². The van der Waals surface area contributed by atoms with Gasteiger partial charge in [0.25, 0.3) is 0 Å².